The zero-order valence-electron chi connectivity index (χ0n) is 15.9. The summed E-state index contributed by atoms with van der Waals surface area (Å²) in [6, 6.07) is 12.5. The van der Waals surface area contributed by atoms with Gasteiger partial charge in [0.05, 0.1) is 11.1 Å². The van der Waals surface area contributed by atoms with Crippen LogP contribution in [0.15, 0.2) is 59.6 Å². The molecule has 2 aromatic carbocycles. The van der Waals surface area contributed by atoms with Crippen LogP contribution in [-0.4, -0.2) is 10.1 Å². The van der Waals surface area contributed by atoms with E-state index in [2.05, 4.69) is 11.9 Å². The number of hydrogen-bond donors (Lipinski definition) is 0. The van der Waals surface area contributed by atoms with Gasteiger partial charge in [0.25, 0.3) is 0 Å². The van der Waals surface area contributed by atoms with Crippen molar-refractivity contribution in [3.63, 3.8) is 0 Å². The van der Waals surface area contributed by atoms with E-state index in [1.807, 2.05) is 24.3 Å². The maximum absolute atomic E-state index is 12.9. The Kier molecular flexibility index (Phi) is 5.15. The van der Waals surface area contributed by atoms with Gasteiger partial charge in [-0.25, -0.2) is 0 Å². The summed E-state index contributed by atoms with van der Waals surface area (Å²) in [6.45, 7) is 2.06. The Bertz CT molecular complexity index is 1050. The fraction of sp³-hybridized carbons (Fsp3) is 0.304. The van der Waals surface area contributed by atoms with E-state index in [0.29, 0.717) is 5.56 Å². The number of benzene rings is 2. The molecule has 4 rings (SSSR count). The van der Waals surface area contributed by atoms with E-state index in [4.69, 9.17) is 0 Å². The Morgan fingerprint density at radius 1 is 1.07 bits per heavy atom. The fourth-order valence-electron chi connectivity index (χ4n) is 3.75. The highest BCUT2D eigenvalue weighted by molar-refractivity contribution is 8.14. The molecule has 0 aliphatic heterocycles. The third-order valence-electron chi connectivity index (χ3n) is 5.87. The molecule has 0 amide bonds. The van der Waals surface area contributed by atoms with Crippen molar-refractivity contribution >= 4 is 27.8 Å². The summed E-state index contributed by atoms with van der Waals surface area (Å²) < 4.78 is 38.5. The Morgan fingerprint density at radius 3 is 2.34 bits per heavy atom. The van der Waals surface area contributed by atoms with Gasteiger partial charge in [0.2, 0.25) is 0 Å². The van der Waals surface area contributed by atoms with Crippen LogP contribution in [0.5, 0.6) is 0 Å². The van der Waals surface area contributed by atoms with Crippen molar-refractivity contribution in [2.75, 3.05) is 0 Å². The largest absolute Gasteiger partial charge is 0.416 e. The number of nitrogens with zero attached hydrogens (tertiary/aromatic N) is 1. The van der Waals surface area contributed by atoms with E-state index in [-0.39, 0.29) is 10.5 Å². The predicted octanol–water partition coefficient (Wildman–Crippen LogP) is 7.12. The second-order valence-electron chi connectivity index (χ2n) is 7.49. The molecule has 0 atom stereocenters. The molecule has 0 N–H and O–H groups in total. The van der Waals surface area contributed by atoms with E-state index in [1.165, 1.54) is 23.9 Å². The van der Waals surface area contributed by atoms with Crippen LogP contribution in [0.3, 0.4) is 0 Å². The van der Waals surface area contributed by atoms with Crippen molar-refractivity contribution in [1.82, 2.24) is 4.98 Å². The fourth-order valence-corrected chi connectivity index (χ4v) is 4.92. The first kappa shape index (κ1) is 20.0. The maximum Gasteiger partial charge on any atom is 0.416 e. The van der Waals surface area contributed by atoms with Gasteiger partial charge >= 0.3 is 6.18 Å². The topological polar surface area (TPSA) is 30.0 Å². The third kappa shape index (κ3) is 3.78. The summed E-state index contributed by atoms with van der Waals surface area (Å²) in [6.07, 6.45) is 1.15. The predicted molar refractivity (Wildman–Crippen MR) is 110 cm³/mol. The Hall–Kier alpha value is -2.34. The van der Waals surface area contributed by atoms with Crippen molar-refractivity contribution in [2.45, 2.75) is 43.7 Å². The van der Waals surface area contributed by atoms with Crippen LogP contribution in [0, 0.1) is 5.41 Å². The van der Waals surface area contributed by atoms with Crippen molar-refractivity contribution in [1.29, 1.82) is 0 Å². The van der Waals surface area contributed by atoms with Crippen LogP contribution in [0.1, 0.15) is 38.2 Å². The molecule has 0 spiro atoms. The molecule has 1 aliphatic rings. The molecule has 0 bridgehead atoms. The summed E-state index contributed by atoms with van der Waals surface area (Å²) in [5.74, 6) is 0. The van der Waals surface area contributed by atoms with E-state index in [1.54, 1.807) is 6.20 Å². The van der Waals surface area contributed by atoms with Crippen LogP contribution < -0.4 is 0 Å². The number of pyridine rings is 1. The lowest BCUT2D eigenvalue weighted by Crippen LogP contribution is -2.35. The summed E-state index contributed by atoms with van der Waals surface area (Å²) >= 11 is 1.26. The van der Waals surface area contributed by atoms with Crippen molar-refractivity contribution in [2.24, 2.45) is 5.41 Å². The summed E-state index contributed by atoms with van der Waals surface area (Å²) in [4.78, 5) is 18.1. The number of carbonyl (C=O) groups excluding carboxylic acids is 1. The number of alkyl halides is 3. The van der Waals surface area contributed by atoms with Gasteiger partial charge in [0, 0.05) is 21.9 Å². The van der Waals surface area contributed by atoms with Gasteiger partial charge in [-0.3, -0.25) is 9.78 Å². The van der Waals surface area contributed by atoms with Gasteiger partial charge in [-0.05, 0) is 60.7 Å². The van der Waals surface area contributed by atoms with Crippen LogP contribution >= 0.6 is 11.8 Å². The van der Waals surface area contributed by atoms with Crippen LogP contribution in [0.25, 0.3) is 22.0 Å². The maximum atomic E-state index is 12.9. The van der Waals surface area contributed by atoms with Gasteiger partial charge in [-0.2, -0.15) is 13.2 Å². The number of aromatic nitrogens is 1. The number of halogens is 3. The number of carbonyl (C=O) groups is 1. The van der Waals surface area contributed by atoms with E-state index in [9.17, 15) is 18.0 Å². The average Bonchev–Trinajstić information content (AvgIpc) is 2.67. The molecule has 0 radical (unpaired) electrons. The average molecular weight is 415 g/mol. The molecule has 2 nitrogen and oxygen atoms in total. The number of thioether (sulfide) groups is 1. The van der Waals surface area contributed by atoms with E-state index in [0.717, 1.165) is 59.2 Å². The number of hydrogen-bond acceptors (Lipinski definition) is 3. The van der Waals surface area contributed by atoms with Crippen LogP contribution in [0.4, 0.5) is 13.2 Å². The molecular weight excluding hydrogens is 395 g/mol. The van der Waals surface area contributed by atoms with Crippen molar-refractivity contribution in [3.05, 3.63) is 60.3 Å². The zero-order chi connectivity index (χ0) is 20.6. The van der Waals surface area contributed by atoms with Gasteiger partial charge in [-0.15, -0.1) is 0 Å². The van der Waals surface area contributed by atoms with Crippen molar-refractivity contribution < 1.29 is 18.0 Å². The SMILES string of the molecule is CCC1(C(=O)Sc2ccnc3ccc(-c4ccc(C(F)(F)F)cc4)cc23)CCC1. The van der Waals surface area contributed by atoms with E-state index >= 15 is 0 Å². The highest BCUT2D eigenvalue weighted by atomic mass is 32.2. The molecule has 0 saturated heterocycles. The van der Waals surface area contributed by atoms with Crippen LogP contribution in [-0.2, 0) is 11.0 Å². The minimum Gasteiger partial charge on any atom is -0.286 e. The minimum atomic E-state index is -4.35. The molecule has 1 saturated carbocycles. The Labute approximate surface area is 171 Å². The van der Waals surface area contributed by atoms with Crippen LogP contribution in [0.2, 0.25) is 0 Å². The first-order valence-corrected chi connectivity index (χ1v) is 10.4. The molecule has 1 aromatic heterocycles. The molecule has 150 valence electrons. The van der Waals surface area contributed by atoms with Gasteiger partial charge in [0.15, 0.2) is 5.12 Å². The molecule has 1 heterocycles. The molecule has 6 heteroatoms. The second-order valence-corrected chi connectivity index (χ2v) is 8.51. The van der Waals surface area contributed by atoms with E-state index < -0.39 is 11.7 Å². The monoisotopic (exact) mass is 415 g/mol. The molecule has 0 unspecified atom stereocenters. The number of rotatable bonds is 4. The highest BCUT2D eigenvalue weighted by Crippen LogP contribution is 2.49. The summed E-state index contributed by atoms with van der Waals surface area (Å²) in [5.41, 5.74) is 1.36. The summed E-state index contributed by atoms with van der Waals surface area (Å²) in [5, 5.41) is 1.03. The Morgan fingerprint density at radius 2 is 1.76 bits per heavy atom. The highest BCUT2D eigenvalue weighted by Gasteiger charge is 2.42. The smallest absolute Gasteiger partial charge is 0.286 e. The first-order valence-electron chi connectivity index (χ1n) is 9.61. The van der Waals surface area contributed by atoms with Gasteiger partial charge in [-0.1, -0.05) is 43.3 Å². The lowest BCUT2D eigenvalue weighted by molar-refractivity contribution is -0.137. The first-order chi connectivity index (χ1) is 13.8. The third-order valence-corrected chi connectivity index (χ3v) is 7.06. The number of fused-ring (bicyclic) bond motifs is 1. The summed E-state index contributed by atoms with van der Waals surface area (Å²) in [7, 11) is 0. The molecule has 3 aromatic rings. The standard InChI is InChI=1S/C23H20F3NOS/c1-2-22(11-3-12-22)21(28)29-20-10-13-27-19-9-6-16(14-18(19)20)15-4-7-17(8-5-15)23(24,25)26/h4-10,13-14H,2-3,11-12H2,1H3. The molecule has 1 fully saturated rings. The van der Waals surface area contributed by atoms with Gasteiger partial charge in [0.1, 0.15) is 0 Å². The molecule has 1 aliphatic carbocycles. The normalized spacial score (nSPS) is 15.9. The second kappa shape index (κ2) is 7.48. The lowest BCUT2D eigenvalue weighted by atomic mass is 9.68. The van der Waals surface area contributed by atoms with Crippen molar-refractivity contribution in [3.8, 4) is 11.1 Å². The lowest BCUT2D eigenvalue weighted by Gasteiger charge is -2.39. The minimum absolute atomic E-state index is 0.193. The van der Waals surface area contributed by atoms with Gasteiger partial charge < -0.3 is 0 Å². The molecule has 29 heavy (non-hydrogen) atoms. The quantitative estimate of drug-likeness (QED) is 0.425. The Balaban J connectivity index is 1.68. The molecular formula is C23H20F3NOS. The zero-order valence-corrected chi connectivity index (χ0v) is 16.7.